The van der Waals surface area contributed by atoms with Crippen LogP contribution in [-0.4, -0.2) is 12.6 Å². The summed E-state index contributed by atoms with van der Waals surface area (Å²) < 4.78 is 6.80. The van der Waals surface area contributed by atoms with E-state index < -0.39 is 0 Å². The first-order valence-electron chi connectivity index (χ1n) is 6.17. The van der Waals surface area contributed by atoms with Crippen molar-refractivity contribution >= 4 is 39.1 Å². The van der Waals surface area contributed by atoms with Crippen LogP contribution in [0.5, 0.6) is 5.75 Å². The van der Waals surface area contributed by atoms with Crippen LogP contribution < -0.4 is 10.1 Å². The molecule has 2 nitrogen and oxygen atoms in total. The highest BCUT2D eigenvalue weighted by molar-refractivity contribution is 9.10. The van der Waals surface area contributed by atoms with Crippen molar-refractivity contribution in [3.8, 4) is 5.75 Å². The van der Waals surface area contributed by atoms with Gasteiger partial charge in [-0.05, 0) is 35.0 Å². The quantitative estimate of drug-likeness (QED) is 0.772. The third kappa shape index (κ3) is 2.51. The van der Waals surface area contributed by atoms with E-state index in [1.165, 1.54) is 0 Å². The summed E-state index contributed by atoms with van der Waals surface area (Å²) in [5.41, 5.74) is 0.983. The van der Waals surface area contributed by atoms with Gasteiger partial charge in [0.1, 0.15) is 11.9 Å². The SMILES string of the molecule is CCCC1Oc2c(Cl)cc(Br)c(Cl)c2C1NCC. The van der Waals surface area contributed by atoms with Crippen LogP contribution in [0.2, 0.25) is 10.0 Å². The lowest BCUT2D eigenvalue weighted by Gasteiger charge is -2.19. The molecule has 0 bridgehead atoms. The lowest BCUT2D eigenvalue weighted by molar-refractivity contribution is 0.179. The van der Waals surface area contributed by atoms with E-state index in [0.717, 1.165) is 35.2 Å². The molecule has 5 heteroatoms. The van der Waals surface area contributed by atoms with Crippen LogP contribution in [0, 0.1) is 0 Å². The van der Waals surface area contributed by atoms with Gasteiger partial charge in [0.05, 0.1) is 16.1 Å². The molecule has 2 unspecified atom stereocenters. The molecule has 0 saturated carbocycles. The van der Waals surface area contributed by atoms with Crippen molar-refractivity contribution in [3.63, 3.8) is 0 Å². The van der Waals surface area contributed by atoms with E-state index in [2.05, 4.69) is 35.1 Å². The normalized spacial score (nSPS) is 21.8. The Hall–Kier alpha value is 0.0400. The third-order valence-corrected chi connectivity index (χ3v) is 4.65. The van der Waals surface area contributed by atoms with Crippen LogP contribution in [0.3, 0.4) is 0 Å². The molecule has 1 aliphatic heterocycles. The minimum atomic E-state index is 0.106. The highest BCUT2D eigenvalue weighted by Gasteiger charge is 2.37. The van der Waals surface area contributed by atoms with Gasteiger partial charge in [-0.25, -0.2) is 0 Å². The van der Waals surface area contributed by atoms with E-state index in [4.69, 9.17) is 27.9 Å². The Morgan fingerprint density at radius 1 is 1.39 bits per heavy atom. The van der Waals surface area contributed by atoms with E-state index in [0.29, 0.717) is 10.0 Å². The number of hydrogen-bond acceptors (Lipinski definition) is 2. The first-order chi connectivity index (χ1) is 8.60. The van der Waals surface area contributed by atoms with Gasteiger partial charge in [-0.3, -0.25) is 0 Å². The molecule has 1 aromatic rings. The summed E-state index contributed by atoms with van der Waals surface area (Å²) >= 11 is 16.1. The van der Waals surface area contributed by atoms with Crippen LogP contribution >= 0.6 is 39.1 Å². The zero-order valence-corrected chi connectivity index (χ0v) is 13.5. The lowest BCUT2D eigenvalue weighted by atomic mass is 10.0. The van der Waals surface area contributed by atoms with Crippen LogP contribution in [0.1, 0.15) is 38.3 Å². The standard InChI is InChI=1S/C13H16BrCl2NO/c1-3-5-9-12(17-4-2)10-11(16)7(14)6-8(15)13(10)18-9/h6,9,12,17H,3-5H2,1-2H3. The molecule has 1 aromatic carbocycles. The van der Waals surface area contributed by atoms with E-state index in [9.17, 15) is 0 Å². The molecule has 1 N–H and O–H groups in total. The number of halogens is 3. The molecule has 0 aliphatic carbocycles. The van der Waals surface area contributed by atoms with Gasteiger partial charge < -0.3 is 10.1 Å². The third-order valence-electron chi connectivity index (χ3n) is 3.11. The van der Waals surface area contributed by atoms with Crippen molar-refractivity contribution in [2.75, 3.05) is 6.54 Å². The average molecular weight is 353 g/mol. The Labute approximate surface area is 126 Å². The van der Waals surface area contributed by atoms with Crippen molar-refractivity contribution < 1.29 is 4.74 Å². The highest BCUT2D eigenvalue weighted by atomic mass is 79.9. The molecule has 0 saturated heterocycles. The second-order valence-electron chi connectivity index (χ2n) is 4.38. The summed E-state index contributed by atoms with van der Waals surface area (Å²) in [7, 11) is 0. The van der Waals surface area contributed by atoms with Crippen molar-refractivity contribution in [2.24, 2.45) is 0 Å². The molecule has 0 aromatic heterocycles. The van der Waals surface area contributed by atoms with Gasteiger partial charge in [0, 0.05) is 10.0 Å². The Morgan fingerprint density at radius 3 is 2.72 bits per heavy atom. The predicted molar refractivity (Wildman–Crippen MR) is 79.9 cm³/mol. The topological polar surface area (TPSA) is 21.3 Å². The number of fused-ring (bicyclic) bond motifs is 1. The summed E-state index contributed by atoms with van der Waals surface area (Å²) in [6, 6.07) is 1.91. The second kappa shape index (κ2) is 6.00. The molecule has 0 radical (unpaired) electrons. The molecule has 1 heterocycles. The Morgan fingerprint density at radius 2 is 2.11 bits per heavy atom. The predicted octanol–water partition coefficient (Wildman–Crippen LogP) is 4.97. The van der Waals surface area contributed by atoms with Gasteiger partial charge in [-0.1, -0.05) is 43.5 Å². The largest absolute Gasteiger partial charge is 0.486 e. The minimum Gasteiger partial charge on any atom is -0.486 e. The monoisotopic (exact) mass is 351 g/mol. The molecule has 1 aliphatic rings. The summed E-state index contributed by atoms with van der Waals surface area (Å²) in [6.07, 6.45) is 2.15. The Kier molecular flexibility index (Phi) is 4.81. The zero-order chi connectivity index (χ0) is 13.3. The summed E-state index contributed by atoms with van der Waals surface area (Å²) in [5.74, 6) is 0.731. The number of likely N-dealkylation sites (N-methyl/N-ethyl adjacent to an activating group) is 1. The Bertz CT molecular complexity index is 453. The number of ether oxygens (including phenoxy) is 1. The van der Waals surface area contributed by atoms with Gasteiger partial charge >= 0.3 is 0 Å². The van der Waals surface area contributed by atoms with Gasteiger partial charge in [0.25, 0.3) is 0 Å². The average Bonchev–Trinajstić information content (AvgIpc) is 2.67. The van der Waals surface area contributed by atoms with E-state index in [1.807, 2.05) is 0 Å². The van der Waals surface area contributed by atoms with Gasteiger partial charge in [0.15, 0.2) is 0 Å². The summed E-state index contributed by atoms with van der Waals surface area (Å²) in [4.78, 5) is 0. The fraction of sp³-hybridized carbons (Fsp3) is 0.538. The molecule has 100 valence electrons. The van der Waals surface area contributed by atoms with Gasteiger partial charge in [-0.2, -0.15) is 0 Å². The summed E-state index contributed by atoms with van der Waals surface area (Å²) in [6.45, 7) is 5.09. The molecule has 0 fully saturated rings. The number of benzene rings is 1. The van der Waals surface area contributed by atoms with Crippen molar-refractivity contribution in [1.29, 1.82) is 0 Å². The molecular formula is C13H16BrCl2NO. The maximum absolute atomic E-state index is 6.38. The first kappa shape index (κ1) is 14.4. The van der Waals surface area contributed by atoms with Crippen molar-refractivity contribution in [3.05, 3.63) is 26.1 Å². The Balaban J connectivity index is 2.46. The maximum Gasteiger partial charge on any atom is 0.144 e. The minimum absolute atomic E-state index is 0.106. The van der Waals surface area contributed by atoms with Crippen LogP contribution in [0.15, 0.2) is 10.5 Å². The smallest absolute Gasteiger partial charge is 0.144 e. The molecule has 0 spiro atoms. The fourth-order valence-electron chi connectivity index (χ4n) is 2.36. The number of hydrogen-bond donors (Lipinski definition) is 1. The van der Waals surface area contributed by atoms with Crippen LogP contribution in [0.4, 0.5) is 0 Å². The van der Waals surface area contributed by atoms with Crippen molar-refractivity contribution in [2.45, 2.75) is 38.8 Å². The van der Waals surface area contributed by atoms with Gasteiger partial charge in [0.2, 0.25) is 0 Å². The highest BCUT2D eigenvalue weighted by Crippen LogP contribution is 2.49. The molecule has 18 heavy (non-hydrogen) atoms. The zero-order valence-electron chi connectivity index (χ0n) is 10.4. The lowest BCUT2D eigenvalue weighted by Crippen LogP contribution is -2.30. The van der Waals surface area contributed by atoms with E-state index in [1.54, 1.807) is 6.07 Å². The van der Waals surface area contributed by atoms with Gasteiger partial charge in [-0.15, -0.1) is 0 Å². The molecule has 0 amide bonds. The van der Waals surface area contributed by atoms with E-state index >= 15 is 0 Å². The first-order valence-corrected chi connectivity index (χ1v) is 7.72. The summed E-state index contributed by atoms with van der Waals surface area (Å²) in [5, 5.41) is 4.75. The maximum atomic E-state index is 6.38. The number of nitrogens with one attached hydrogen (secondary N) is 1. The van der Waals surface area contributed by atoms with Crippen LogP contribution in [0.25, 0.3) is 0 Å². The second-order valence-corrected chi connectivity index (χ2v) is 6.02. The molecule has 2 rings (SSSR count). The van der Waals surface area contributed by atoms with Crippen molar-refractivity contribution in [1.82, 2.24) is 5.32 Å². The van der Waals surface area contributed by atoms with E-state index in [-0.39, 0.29) is 12.1 Å². The number of rotatable bonds is 4. The molecule has 2 atom stereocenters. The fourth-order valence-corrected chi connectivity index (χ4v) is 3.45. The van der Waals surface area contributed by atoms with Crippen LogP contribution in [-0.2, 0) is 0 Å². The molecular weight excluding hydrogens is 337 g/mol.